The molecule has 112 valence electrons. The Balaban J connectivity index is 1.81. The normalized spacial score (nSPS) is 20.4. The number of aromatic nitrogens is 2. The van der Waals surface area contributed by atoms with Crippen LogP contribution in [0.25, 0.3) is 0 Å². The van der Waals surface area contributed by atoms with Crippen LogP contribution in [0.2, 0.25) is 0 Å². The summed E-state index contributed by atoms with van der Waals surface area (Å²) in [6, 6.07) is 9.38. The van der Waals surface area contributed by atoms with Crippen molar-refractivity contribution in [2.24, 2.45) is 7.05 Å². The monoisotopic (exact) mass is 287 g/mol. The molecule has 0 unspecified atom stereocenters. The smallest absolute Gasteiger partial charge is 0.123 e. The first kappa shape index (κ1) is 14.3. The number of hydrogen-bond acceptors (Lipinski definition) is 2. The van der Waals surface area contributed by atoms with Gasteiger partial charge in [0.2, 0.25) is 0 Å². The van der Waals surface area contributed by atoms with Gasteiger partial charge in [-0.1, -0.05) is 25.0 Å². The Morgan fingerprint density at radius 2 is 2.14 bits per heavy atom. The van der Waals surface area contributed by atoms with Crippen LogP contribution in [0.1, 0.15) is 43.0 Å². The van der Waals surface area contributed by atoms with E-state index in [2.05, 4.69) is 16.1 Å². The Morgan fingerprint density at radius 1 is 1.24 bits per heavy atom. The highest BCUT2D eigenvalue weighted by Crippen LogP contribution is 2.30. The number of likely N-dealkylation sites (tertiary alicyclic amines) is 1. The lowest BCUT2D eigenvalue weighted by atomic mass is 10.1. The van der Waals surface area contributed by atoms with Gasteiger partial charge >= 0.3 is 0 Å². The molecule has 0 bridgehead atoms. The number of rotatable bonds is 3. The summed E-state index contributed by atoms with van der Waals surface area (Å²) >= 11 is 0. The lowest BCUT2D eigenvalue weighted by Gasteiger charge is -2.28. The molecule has 0 aliphatic carbocycles. The highest BCUT2D eigenvalue weighted by molar-refractivity contribution is 5.17. The van der Waals surface area contributed by atoms with Crippen molar-refractivity contribution in [1.82, 2.24) is 14.7 Å². The zero-order chi connectivity index (χ0) is 14.7. The first-order valence-corrected chi connectivity index (χ1v) is 7.70. The van der Waals surface area contributed by atoms with Crippen LogP contribution in [0.3, 0.4) is 0 Å². The van der Waals surface area contributed by atoms with Gasteiger partial charge in [0.1, 0.15) is 5.82 Å². The van der Waals surface area contributed by atoms with Crippen LogP contribution in [0.15, 0.2) is 36.5 Å². The molecule has 2 heterocycles. The molecule has 4 heteroatoms. The second-order valence-corrected chi connectivity index (χ2v) is 5.88. The Morgan fingerprint density at radius 3 is 2.90 bits per heavy atom. The SMILES string of the molecule is Cn1ccc([C@@H]2CCCCCN2Cc2cccc(F)c2)n1. The summed E-state index contributed by atoms with van der Waals surface area (Å²) in [4.78, 5) is 2.45. The summed E-state index contributed by atoms with van der Waals surface area (Å²) in [5.41, 5.74) is 2.17. The highest BCUT2D eigenvalue weighted by atomic mass is 19.1. The molecular weight excluding hydrogens is 265 g/mol. The van der Waals surface area contributed by atoms with Crippen LogP contribution in [-0.4, -0.2) is 21.2 Å². The zero-order valence-corrected chi connectivity index (χ0v) is 12.5. The van der Waals surface area contributed by atoms with Crippen LogP contribution in [0.5, 0.6) is 0 Å². The fraction of sp³-hybridized carbons (Fsp3) is 0.471. The standard InChI is InChI=1S/C17H22FN3/c1-20-11-9-16(19-20)17-8-3-2-4-10-21(17)13-14-6-5-7-15(18)12-14/h5-7,9,11-12,17H,2-4,8,10,13H2,1H3/t17-/m0/s1. The predicted molar refractivity (Wildman–Crippen MR) is 81.2 cm³/mol. The second-order valence-electron chi connectivity index (χ2n) is 5.88. The minimum Gasteiger partial charge on any atom is -0.290 e. The average molecular weight is 287 g/mol. The van der Waals surface area contributed by atoms with Crippen LogP contribution < -0.4 is 0 Å². The van der Waals surface area contributed by atoms with Crippen LogP contribution >= 0.6 is 0 Å². The molecule has 1 aliphatic rings. The molecule has 1 fully saturated rings. The fourth-order valence-corrected chi connectivity index (χ4v) is 3.17. The van der Waals surface area contributed by atoms with Gasteiger partial charge in [-0.05, 0) is 43.1 Å². The second kappa shape index (κ2) is 6.39. The van der Waals surface area contributed by atoms with Crippen LogP contribution in [0.4, 0.5) is 4.39 Å². The van der Waals surface area contributed by atoms with Gasteiger partial charge in [-0.3, -0.25) is 9.58 Å². The van der Waals surface area contributed by atoms with E-state index in [1.54, 1.807) is 12.1 Å². The Labute approximate surface area is 125 Å². The molecule has 1 aromatic heterocycles. The molecule has 0 radical (unpaired) electrons. The maximum absolute atomic E-state index is 13.4. The number of halogens is 1. The molecule has 0 N–H and O–H groups in total. The third kappa shape index (κ3) is 3.50. The molecule has 1 aromatic carbocycles. The molecule has 3 rings (SSSR count). The van der Waals surface area contributed by atoms with Gasteiger partial charge in [0, 0.05) is 19.8 Å². The van der Waals surface area contributed by atoms with E-state index in [1.165, 1.54) is 25.3 Å². The van der Waals surface area contributed by atoms with Gasteiger partial charge in [0.25, 0.3) is 0 Å². The first-order chi connectivity index (χ1) is 10.2. The van der Waals surface area contributed by atoms with Crippen molar-refractivity contribution in [3.05, 3.63) is 53.6 Å². The summed E-state index contributed by atoms with van der Waals surface area (Å²) < 4.78 is 15.3. The molecule has 2 aromatic rings. The zero-order valence-electron chi connectivity index (χ0n) is 12.5. The number of benzene rings is 1. The van der Waals surface area contributed by atoms with Crippen molar-refractivity contribution in [2.45, 2.75) is 38.3 Å². The van der Waals surface area contributed by atoms with Crippen molar-refractivity contribution in [1.29, 1.82) is 0 Å². The molecule has 1 aliphatic heterocycles. The minimum atomic E-state index is -0.156. The summed E-state index contributed by atoms with van der Waals surface area (Å²) in [6.07, 6.45) is 6.84. The fourth-order valence-electron chi connectivity index (χ4n) is 3.17. The van der Waals surface area contributed by atoms with E-state index in [1.807, 2.05) is 24.0 Å². The number of nitrogens with zero attached hydrogens (tertiary/aromatic N) is 3. The van der Waals surface area contributed by atoms with E-state index < -0.39 is 0 Å². The Bertz CT molecular complexity index is 593. The lowest BCUT2D eigenvalue weighted by molar-refractivity contribution is 0.188. The van der Waals surface area contributed by atoms with Gasteiger partial charge in [0.15, 0.2) is 0 Å². The minimum absolute atomic E-state index is 0.156. The molecule has 0 spiro atoms. The van der Waals surface area contributed by atoms with Crippen LogP contribution in [-0.2, 0) is 13.6 Å². The largest absolute Gasteiger partial charge is 0.290 e. The van der Waals surface area contributed by atoms with E-state index in [9.17, 15) is 4.39 Å². The summed E-state index contributed by atoms with van der Waals surface area (Å²) in [5, 5.41) is 4.59. The maximum Gasteiger partial charge on any atom is 0.123 e. The predicted octanol–water partition coefficient (Wildman–Crippen LogP) is 3.68. The van der Waals surface area contributed by atoms with E-state index in [0.29, 0.717) is 6.04 Å². The van der Waals surface area contributed by atoms with Crippen molar-refractivity contribution >= 4 is 0 Å². The van der Waals surface area contributed by atoms with Crippen LogP contribution in [0, 0.1) is 5.82 Å². The molecule has 0 saturated carbocycles. The van der Waals surface area contributed by atoms with E-state index in [0.717, 1.165) is 30.8 Å². The Kier molecular flexibility index (Phi) is 4.34. The van der Waals surface area contributed by atoms with E-state index >= 15 is 0 Å². The average Bonchev–Trinajstić information content (AvgIpc) is 2.75. The molecule has 1 saturated heterocycles. The van der Waals surface area contributed by atoms with Gasteiger partial charge < -0.3 is 0 Å². The lowest BCUT2D eigenvalue weighted by Crippen LogP contribution is -2.28. The van der Waals surface area contributed by atoms with E-state index in [-0.39, 0.29) is 5.82 Å². The Hall–Kier alpha value is -1.68. The summed E-state index contributed by atoms with van der Waals surface area (Å²) in [5.74, 6) is -0.156. The highest BCUT2D eigenvalue weighted by Gasteiger charge is 2.24. The van der Waals surface area contributed by atoms with Crippen molar-refractivity contribution in [2.75, 3.05) is 6.54 Å². The number of hydrogen-bond donors (Lipinski definition) is 0. The van der Waals surface area contributed by atoms with Gasteiger partial charge in [-0.25, -0.2) is 4.39 Å². The molecule has 0 amide bonds. The third-order valence-corrected chi connectivity index (χ3v) is 4.21. The maximum atomic E-state index is 13.4. The molecule has 1 atom stereocenters. The summed E-state index contributed by atoms with van der Waals surface area (Å²) in [7, 11) is 1.96. The number of aryl methyl sites for hydroxylation is 1. The quantitative estimate of drug-likeness (QED) is 0.858. The van der Waals surface area contributed by atoms with E-state index in [4.69, 9.17) is 0 Å². The van der Waals surface area contributed by atoms with Crippen molar-refractivity contribution in [3.63, 3.8) is 0 Å². The van der Waals surface area contributed by atoms with Gasteiger partial charge in [0.05, 0.1) is 11.7 Å². The van der Waals surface area contributed by atoms with Gasteiger partial charge in [-0.15, -0.1) is 0 Å². The van der Waals surface area contributed by atoms with Gasteiger partial charge in [-0.2, -0.15) is 5.10 Å². The van der Waals surface area contributed by atoms with Crippen molar-refractivity contribution < 1.29 is 4.39 Å². The molecule has 21 heavy (non-hydrogen) atoms. The summed E-state index contributed by atoms with van der Waals surface area (Å²) in [6.45, 7) is 1.84. The third-order valence-electron chi connectivity index (χ3n) is 4.21. The first-order valence-electron chi connectivity index (χ1n) is 7.70. The molecule has 3 nitrogen and oxygen atoms in total. The molecular formula is C17H22FN3. The van der Waals surface area contributed by atoms with Crippen molar-refractivity contribution in [3.8, 4) is 0 Å². The topological polar surface area (TPSA) is 21.1 Å².